The van der Waals surface area contributed by atoms with Crippen LogP contribution in [0, 0.1) is 11.8 Å². The van der Waals surface area contributed by atoms with Gasteiger partial charge < -0.3 is 5.11 Å². The Morgan fingerprint density at radius 2 is 1.03 bits per heavy atom. The van der Waals surface area contributed by atoms with Gasteiger partial charge in [0.05, 0.1) is 17.5 Å². The molecule has 4 atom stereocenters. The summed E-state index contributed by atoms with van der Waals surface area (Å²) in [7, 11) is 0. The summed E-state index contributed by atoms with van der Waals surface area (Å²) in [4.78, 5) is 28.5. The minimum atomic E-state index is -0.469. The van der Waals surface area contributed by atoms with Gasteiger partial charge in [0, 0.05) is 11.8 Å². The number of nitrogens with zero attached hydrogens (tertiary/aromatic N) is 1. The Morgan fingerprint density at radius 1 is 0.600 bits per heavy atom. The lowest BCUT2D eigenvalue weighted by Gasteiger charge is -2.32. The second-order valence-corrected chi connectivity index (χ2v) is 7.84. The second kappa shape index (κ2) is 7.30. The molecule has 2 aliphatic rings. The first-order chi connectivity index (χ1) is 14.6. The summed E-state index contributed by atoms with van der Waals surface area (Å²) in [6.07, 6.45) is 4.17. The molecular formula is C26H21NO3. The van der Waals surface area contributed by atoms with Crippen molar-refractivity contribution in [3.8, 4) is 5.75 Å². The van der Waals surface area contributed by atoms with Crippen LogP contribution in [0.25, 0.3) is 0 Å². The Bertz CT molecular complexity index is 1040. The van der Waals surface area contributed by atoms with E-state index in [-0.39, 0.29) is 29.4 Å². The van der Waals surface area contributed by atoms with E-state index in [4.69, 9.17) is 0 Å². The molecule has 1 N–H and O–H groups in total. The predicted molar refractivity (Wildman–Crippen MR) is 115 cm³/mol. The maximum absolute atomic E-state index is 13.6. The van der Waals surface area contributed by atoms with Gasteiger partial charge in [-0.2, -0.15) is 0 Å². The van der Waals surface area contributed by atoms with E-state index in [9.17, 15) is 14.7 Å². The molecule has 3 aromatic carbocycles. The Hall–Kier alpha value is -3.66. The molecule has 4 nitrogen and oxygen atoms in total. The summed E-state index contributed by atoms with van der Waals surface area (Å²) in [5.74, 6) is -1.52. The van der Waals surface area contributed by atoms with Gasteiger partial charge in [0.2, 0.25) is 11.8 Å². The van der Waals surface area contributed by atoms with Gasteiger partial charge in [-0.1, -0.05) is 72.8 Å². The van der Waals surface area contributed by atoms with E-state index >= 15 is 0 Å². The zero-order valence-corrected chi connectivity index (χ0v) is 16.3. The third kappa shape index (κ3) is 2.92. The number of allylic oxidation sites excluding steroid dienone is 2. The Kier molecular flexibility index (Phi) is 4.47. The van der Waals surface area contributed by atoms with Crippen molar-refractivity contribution in [3.05, 3.63) is 108 Å². The molecule has 1 saturated heterocycles. The molecule has 0 spiro atoms. The average Bonchev–Trinajstić information content (AvgIpc) is 3.06. The van der Waals surface area contributed by atoms with Crippen LogP contribution in [0.15, 0.2) is 97.1 Å². The first-order valence-electron chi connectivity index (χ1n) is 10.1. The third-order valence-electron chi connectivity index (χ3n) is 6.17. The van der Waals surface area contributed by atoms with Crippen molar-refractivity contribution >= 4 is 17.5 Å². The number of hydrogen-bond donors (Lipinski definition) is 1. The number of phenolic OH excluding ortho intramolecular Hbond substituents is 1. The Labute approximate surface area is 175 Å². The minimum absolute atomic E-state index is 0.0984. The Balaban J connectivity index is 1.63. The molecule has 1 fully saturated rings. The second-order valence-electron chi connectivity index (χ2n) is 7.84. The minimum Gasteiger partial charge on any atom is -0.508 e. The van der Waals surface area contributed by atoms with Crippen LogP contribution < -0.4 is 4.90 Å². The van der Waals surface area contributed by atoms with Crippen LogP contribution in [0.1, 0.15) is 23.0 Å². The quantitative estimate of drug-likeness (QED) is 0.519. The maximum atomic E-state index is 13.6. The fourth-order valence-corrected chi connectivity index (χ4v) is 4.79. The molecule has 1 aliphatic heterocycles. The summed E-state index contributed by atoms with van der Waals surface area (Å²) in [5, 5.41) is 9.62. The van der Waals surface area contributed by atoms with Gasteiger partial charge in [0.15, 0.2) is 0 Å². The average molecular weight is 395 g/mol. The number of carbonyl (C=O) groups excluding carboxylic acids is 2. The number of phenols is 1. The van der Waals surface area contributed by atoms with Crippen LogP contribution in [0.3, 0.4) is 0 Å². The van der Waals surface area contributed by atoms with Crippen molar-refractivity contribution in [2.75, 3.05) is 4.90 Å². The van der Waals surface area contributed by atoms with E-state index in [0.29, 0.717) is 5.69 Å². The number of imide groups is 1. The molecule has 0 radical (unpaired) electrons. The summed E-state index contributed by atoms with van der Waals surface area (Å²) in [6.45, 7) is 0. The summed E-state index contributed by atoms with van der Waals surface area (Å²) in [6, 6.07) is 26.0. The summed E-state index contributed by atoms with van der Waals surface area (Å²) < 4.78 is 0. The highest BCUT2D eigenvalue weighted by atomic mass is 16.3. The monoisotopic (exact) mass is 395 g/mol. The molecule has 148 valence electrons. The molecule has 0 aromatic heterocycles. The number of carbonyl (C=O) groups is 2. The molecule has 4 heteroatoms. The summed E-state index contributed by atoms with van der Waals surface area (Å²) in [5.41, 5.74) is 2.56. The molecule has 1 heterocycles. The van der Waals surface area contributed by atoms with E-state index in [1.165, 1.54) is 17.0 Å². The number of amides is 2. The van der Waals surface area contributed by atoms with Crippen molar-refractivity contribution in [1.82, 2.24) is 0 Å². The van der Waals surface area contributed by atoms with Crippen LogP contribution in [0.4, 0.5) is 5.69 Å². The van der Waals surface area contributed by atoms with Gasteiger partial charge >= 0.3 is 0 Å². The van der Waals surface area contributed by atoms with Crippen molar-refractivity contribution < 1.29 is 14.7 Å². The van der Waals surface area contributed by atoms with Gasteiger partial charge in [0.25, 0.3) is 0 Å². The van der Waals surface area contributed by atoms with Crippen LogP contribution in [-0.4, -0.2) is 16.9 Å². The fraction of sp³-hybridized carbons (Fsp3) is 0.154. The van der Waals surface area contributed by atoms with Crippen molar-refractivity contribution in [1.29, 1.82) is 0 Å². The molecule has 0 bridgehead atoms. The topological polar surface area (TPSA) is 57.6 Å². The highest BCUT2D eigenvalue weighted by Crippen LogP contribution is 2.50. The van der Waals surface area contributed by atoms with Gasteiger partial charge in [-0.15, -0.1) is 0 Å². The van der Waals surface area contributed by atoms with E-state index in [1.807, 2.05) is 60.7 Å². The zero-order chi connectivity index (χ0) is 20.7. The SMILES string of the molecule is O=C1[C@@H]2[C@@H](C(=O)N1c1ccc(O)cc1)[C@H](c1ccccc1)C=C[C@@H]2c1ccccc1. The first-order valence-corrected chi connectivity index (χ1v) is 10.1. The molecule has 0 unspecified atom stereocenters. The highest BCUT2D eigenvalue weighted by Gasteiger charge is 2.55. The number of aromatic hydroxyl groups is 1. The number of benzene rings is 3. The predicted octanol–water partition coefficient (Wildman–Crippen LogP) is 4.64. The van der Waals surface area contributed by atoms with E-state index in [0.717, 1.165) is 11.1 Å². The van der Waals surface area contributed by atoms with Gasteiger partial charge in [-0.05, 0) is 35.4 Å². The lowest BCUT2D eigenvalue weighted by Crippen LogP contribution is -2.31. The van der Waals surface area contributed by atoms with Gasteiger partial charge in [-0.3, -0.25) is 9.59 Å². The standard InChI is InChI=1S/C26H21NO3/c28-20-13-11-19(12-14-20)27-25(29)23-21(17-7-3-1-4-8-17)15-16-22(24(23)26(27)30)18-9-5-2-6-10-18/h1-16,21-24,28H/t21-,22+,23-,24-/m0/s1. The van der Waals surface area contributed by atoms with Crippen LogP contribution in [0.2, 0.25) is 0 Å². The number of hydrogen-bond acceptors (Lipinski definition) is 3. The zero-order valence-electron chi connectivity index (χ0n) is 16.3. The summed E-state index contributed by atoms with van der Waals surface area (Å²) >= 11 is 0. The van der Waals surface area contributed by atoms with E-state index < -0.39 is 11.8 Å². The highest BCUT2D eigenvalue weighted by molar-refractivity contribution is 6.23. The van der Waals surface area contributed by atoms with Crippen LogP contribution in [0.5, 0.6) is 5.75 Å². The molecular weight excluding hydrogens is 374 g/mol. The lowest BCUT2D eigenvalue weighted by molar-refractivity contribution is -0.122. The van der Waals surface area contributed by atoms with Crippen molar-refractivity contribution in [2.24, 2.45) is 11.8 Å². The van der Waals surface area contributed by atoms with Crippen molar-refractivity contribution in [2.45, 2.75) is 11.8 Å². The van der Waals surface area contributed by atoms with Gasteiger partial charge in [-0.25, -0.2) is 4.90 Å². The molecule has 2 amide bonds. The third-order valence-corrected chi connectivity index (χ3v) is 6.17. The normalized spacial score (nSPS) is 25.4. The first kappa shape index (κ1) is 18.4. The number of anilines is 1. The fourth-order valence-electron chi connectivity index (χ4n) is 4.79. The van der Waals surface area contributed by atoms with Crippen LogP contribution in [-0.2, 0) is 9.59 Å². The lowest BCUT2D eigenvalue weighted by atomic mass is 9.68. The van der Waals surface area contributed by atoms with Gasteiger partial charge in [0.1, 0.15) is 5.75 Å². The van der Waals surface area contributed by atoms with E-state index in [2.05, 4.69) is 12.2 Å². The molecule has 30 heavy (non-hydrogen) atoms. The molecule has 5 rings (SSSR count). The largest absolute Gasteiger partial charge is 0.508 e. The molecule has 0 saturated carbocycles. The Morgan fingerprint density at radius 3 is 1.47 bits per heavy atom. The smallest absolute Gasteiger partial charge is 0.238 e. The van der Waals surface area contributed by atoms with E-state index in [1.54, 1.807) is 12.1 Å². The molecule has 3 aromatic rings. The maximum Gasteiger partial charge on any atom is 0.238 e. The number of rotatable bonds is 3. The number of fused-ring (bicyclic) bond motifs is 1. The van der Waals surface area contributed by atoms with Crippen LogP contribution >= 0.6 is 0 Å². The van der Waals surface area contributed by atoms with Crippen molar-refractivity contribution in [3.63, 3.8) is 0 Å². The molecule has 1 aliphatic carbocycles.